The van der Waals surface area contributed by atoms with Crippen LogP contribution in [-0.4, -0.2) is 6.54 Å². The second-order valence-electron chi connectivity index (χ2n) is 4.34. The molecular formula is C17H16BrN. The monoisotopic (exact) mass is 313 g/mol. The Labute approximate surface area is 123 Å². The molecule has 0 atom stereocenters. The molecule has 0 amide bonds. The Morgan fingerprint density at radius 1 is 1.05 bits per heavy atom. The van der Waals surface area contributed by atoms with E-state index in [9.17, 15) is 0 Å². The van der Waals surface area contributed by atoms with Gasteiger partial charge in [-0.05, 0) is 35.7 Å². The Morgan fingerprint density at radius 2 is 1.79 bits per heavy atom. The Balaban J connectivity index is 1.92. The first-order valence-electron chi connectivity index (χ1n) is 6.29. The van der Waals surface area contributed by atoms with Gasteiger partial charge in [-0.2, -0.15) is 0 Å². The van der Waals surface area contributed by atoms with Gasteiger partial charge < -0.3 is 5.32 Å². The van der Waals surface area contributed by atoms with Crippen molar-refractivity contribution < 1.29 is 0 Å². The highest BCUT2D eigenvalue weighted by molar-refractivity contribution is 9.10. The van der Waals surface area contributed by atoms with Gasteiger partial charge in [-0.25, -0.2) is 0 Å². The third kappa shape index (κ3) is 4.15. The molecule has 96 valence electrons. The van der Waals surface area contributed by atoms with Crippen molar-refractivity contribution in [3.8, 4) is 12.3 Å². The minimum Gasteiger partial charge on any atom is -0.384 e. The van der Waals surface area contributed by atoms with Crippen LogP contribution >= 0.6 is 15.9 Å². The molecule has 2 heteroatoms. The molecule has 0 saturated carbocycles. The zero-order valence-corrected chi connectivity index (χ0v) is 12.3. The van der Waals surface area contributed by atoms with Gasteiger partial charge in [0.2, 0.25) is 0 Å². The first kappa shape index (κ1) is 13.7. The fourth-order valence-electron chi connectivity index (χ4n) is 1.95. The van der Waals surface area contributed by atoms with Crippen molar-refractivity contribution >= 4 is 21.6 Å². The highest BCUT2D eigenvalue weighted by Gasteiger charge is 1.99. The molecule has 0 aliphatic rings. The fourth-order valence-corrected chi connectivity index (χ4v) is 2.21. The minimum absolute atomic E-state index is 0.668. The van der Waals surface area contributed by atoms with Crippen LogP contribution in [0.15, 0.2) is 53.0 Å². The van der Waals surface area contributed by atoms with Crippen molar-refractivity contribution in [1.82, 2.24) is 0 Å². The average Bonchev–Trinajstić information content (AvgIpc) is 2.43. The van der Waals surface area contributed by atoms with E-state index in [2.05, 4.69) is 63.6 Å². The van der Waals surface area contributed by atoms with Crippen molar-refractivity contribution in [3.63, 3.8) is 0 Å². The van der Waals surface area contributed by atoms with Gasteiger partial charge >= 0.3 is 0 Å². The normalized spacial score (nSPS) is 9.89. The molecule has 0 aliphatic carbocycles. The van der Waals surface area contributed by atoms with Crippen LogP contribution < -0.4 is 5.32 Å². The van der Waals surface area contributed by atoms with E-state index >= 15 is 0 Å². The molecule has 0 unspecified atom stereocenters. The van der Waals surface area contributed by atoms with E-state index in [1.54, 1.807) is 0 Å². The van der Waals surface area contributed by atoms with Crippen LogP contribution in [0.4, 0.5) is 5.69 Å². The van der Waals surface area contributed by atoms with E-state index in [1.807, 2.05) is 12.1 Å². The van der Waals surface area contributed by atoms with Gasteiger partial charge in [0, 0.05) is 23.1 Å². The molecule has 0 aromatic heterocycles. The van der Waals surface area contributed by atoms with Crippen LogP contribution in [0.3, 0.4) is 0 Å². The van der Waals surface area contributed by atoms with Crippen LogP contribution in [-0.2, 0) is 12.8 Å². The van der Waals surface area contributed by atoms with Crippen molar-refractivity contribution in [1.29, 1.82) is 0 Å². The molecule has 2 aromatic carbocycles. The molecule has 0 aliphatic heterocycles. The van der Waals surface area contributed by atoms with E-state index in [4.69, 9.17) is 6.42 Å². The highest BCUT2D eigenvalue weighted by atomic mass is 79.9. The van der Waals surface area contributed by atoms with Gasteiger partial charge in [0.25, 0.3) is 0 Å². The summed E-state index contributed by atoms with van der Waals surface area (Å²) in [5.41, 5.74) is 3.64. The van der Waals surface area contributed by atoms with E-state index in [0.717, 1.165) is 23.1 Å². The van der Waals surface area contributed by atoms with Crippen molar-refractivity contribution in [2.24, 2.45) is 0 Å². The number of halogens is 1. The molecule has 19 heavy (non-hydrogen) atoms. The second kappa shape index (κ2) is 7.01. The molecule has 0 bridgehead atoms. The summed E-state index contributed by atoms with van der Waals surface area (Å²) in [5, 5.41) is 3.45. The summed E-state index contributed by atoms with van der Waals surface area (Å²) in [4.78, 5) is 0. The quantitative estimate of drug-likeness (QED) is 0.812. The lowest BCUT2D eigenvalue weighted by molar-refractivity contribution is 1.01. The fraction of sp³-hybridized carbons (Fsp3) is 0.176. The predicted molar refractivity (Wildman–Crippen MR) is 85.3 cm³/mol. The maximum absolute atomic E-state index is 5.38. The van der Waals surface area contributed by atoms with Gasteiger partial charge in [-0.15, -0.1) is 12.3 Å². The second-order valence-corrected chi connectivity index (χ2v) is 5.26. The average molecular weight is 314 g/mol. The number of hydrogen-bond donors (Lipinski definition) is 1. The summed E-state index contributed by atoms with van der Waals surface area (Å²) < 4.78 is 1.11. The number of benzene rings is 2. The van der Waals surface area contributed by atoms with Gasteiger partial charge in [0.15, 0.2) is 0 Å². The first-order valence-corrected chi connectivity index (χ1v) is 7.08. The van der Waals surface area contributed by atoms with Gasteiger partial charge in [0.1, 0.15) is 0 Å². The smallest absolute Gasteiger partial charge is 0.0382 e. The van der Waals surface area contributed by atoms with Crippen LogP contribution in [0.5, 0.6) is 0 Å². The standard InChI is InChI=1S/C17H16BrN/c1-2-5-15-6-3-4-7-17(15)19-13-12-14-8-10-16(18)11-9-14/h1,3-4,6-11,19H,5,12-13H2. The van der Waals surface area contributed by atoms with Crippen molar-refractivity contribution in [3.05, 3.63) is 64.1 Å². The van der Waals surface area contributed by atoms with Crippen LogP contribution in [0.2, 0.25) is 0 Å². The summed E-state index contributed by atoms with van der Waals surface area (Å²) >= 11 is 3.44. The van der Waals surface area contributed by atoms with E-state index in [0.29, 0.717) is 6.42 Å². The van der Waals surface area contributed by atoms with Crippen molar-refractivity contribution in [2.75, 3.05) is 11.9 Å². The molecule has 0 radical (unpaired) electrons. The topological polar surface area (TPSA) is 12.0 Å². The molecule has 1 nitrogen and oxygen atoms in total. The van der Waals surface area contributed by atoms with Gasteiger partial charge in [0.05, 0.1) is 0 Å². The molecule has 2 aromatic rings. The molecular weight excluding hydrogens is 298 g/mol. The van der Waals surface area contributed by atoms with Crippen LogP contribution in [0.1, 0.15) is 11.1 Å². The predicted octanol–water partition coefficient (Wildman–Crippen LogP) is 4.28. The number of hydrogen-bond acceptors (Lipinski definition) is 1. The molecule has 1 N–H and O–H groups in total. The van der Waals surface area contributed by atoms with E-state index in [-0.39, 0.29) is 0 Å². The van der Waals surface area contributed by atoms with E-state index in [1.165, 1.54) is 11.1 Å². The lowest BCUT2D eigenvalue weighted by atomic mass is 10.1. The summed E-state index contributed by atoms with van der Waals surface area (Å²) in [6, 6.07) is 16.6. The van der Waals surface area contributed by atoms with Crippen LogP contribution in [0.25, 0.3) is 0 Å². The molecule has 0 fully saturated rings. The Kier molecular flexibility index (Phi) is 5.06. The number of para-hydroxylation sites is 1. The third-order valence-electron chi connectivity index (χ3n) is 2.95. The summed E-state index contributed by atoms with van der Waals surface area (Å²) in [7, 11) is 0. The summed E-state index contributed by atoms with van der Waals surface area (Å²) in [6.07, 6.45) is 7.05. The Morgan fingerprint density at radius 3 is 2.53 bits per heavy atom. The largest absolute Gasteiger partial charge is 0.384 e. The molecule has 0 saturated heterocycles. The summed E-state index contributed by atoms with van der Waals surface area (Å²) in [5.74, 6) is 2.69. The van der Waals surface area contributed by atoms with E-state index < -0.39 is 0 Å². The molecule has 2 rings (SSSR count). The highest BCUT2D eigenvalue weighted by Crippen LogP contribution is 2.16. The Bertz CT molecular complexity index is 567. The first-order chi connectivity index (χ1) is 9.29. The number of terminal acetylenes is 1. The van der Waals surface area contributed by atoms with Gasteiger partial charge in [-0.1, -0.05) is 46.3 Å². The number of rotatable bonds is 5. The molecule has 0 spiro atoms. The number of anilines is 1. The van der Waals surface area contributed by atoms with Crippen molar-refractivity contribution in [2.45, 2.75) is 12.8 Å². The zero-order valence-electron chi connectivity index (χ0n) is 10.7. The minimum atomic E-state index is 0.668. The van der Waals surface area contributed by atoms with Crippen LogP contribution in [0, 0.1) is 12.3 Å². The lowest BCUT2D eigenvalue weighted by Crippen LogP contribution is -2.06. The maximum Gasteiger partial charge on any atom is 0.0382 e. The third-order valence-corrected chi connectivity index (χ3v) is 3.48. The lowest BCUT2D eigenvalue weighted by Gasteiger charge is -2.10. The maximum atomic E-state index is 5.38. The SMILES string of the molecule is C#CCc1ccccc1NCCc1ccc(Br)cc1. The number of nitrogens with one attached hydrogen (secondary N) is 1. The van der Waals surface area contributed by atoms with Gasteiger partial charge in [-0.3, -0.25) is 0 Å². The molecule has 0 heterocycles. The zero-order chi connectivity index (χ0) is 13.5. The summed E-state index contributed by atoms with van der Waals surface area (Å²) in [6.45, 7) is 0.906. The Hall–Kier alpha value is -1.72.